The van der Waals surface area contributed by atoms with Gasteiger partial charge in [0.15, 0.2) is 0 Å². The van der Waals surface area contributed by atoms with Crippen molar-refractivity contribution in [2.24, 2.45) is 0 Å². The van der Waals surface area contributed by atoms with Crippen molar-refractivity contribution in [2.75, 3.05) is 13.7 Å². The maximum Gasteiger partial charge on any atom is 0.0613 e. The molecule has 1 rings (SSSR count). The summed E-state index contributed by atoms with van der Waals surface area (Å²) in [4.78, 5) is 4.29. The third kappa shape index (κ3) is 3.44. The summed E-state index contributed by atoms with van der Waals surface area (Å²) < 4.78 is 5.06. The van der Waals surface area contributed by atoms with Gasteiger partial charge in [-0.2, -0.15) is 0 Å². The molecule has 0 aliphatic carbocycles. The standard InChI is InChI=1S/C11H18N2O/c1-9(8-14-3)13-10(2)11-6-4-5-7-12-11/h4-7,9-10,13H,8H2,1-3H3/t9-,10-/m1/s1. The third-order valence-corrected chi connectivity index (χ3v) is 2.08. The average Bonchev–Trinajstić information content (AvgIpc) is 2.19. The Hall–Kier alpha value is -0.930. The van der Waals surface area contributed by atoms with Crippen molar-refractivity contribution in [3.05, 3.63) is 30.1 Å². The van der Waals surface area contributed by atoms with Gasteiger partial charge in [-0.05, 0) is 26.0 Å². The lowest BCUT2D eigenvalue weighted by Gasteiger charge is -2.18. The Morgan fingerprint density at radius 3 is 2.79 bits per heavy atom. The van der Waals surface area contributed by atoms with Crippen LogP contribution < -0.4 is 5.32 Å². The molecule has 1 heterocycles. The van der Waals surface area contributed by atoms with Crippen LogP contribution in [0.1, 0.15) is 25.6 Å². The summed E-state index contributed by atoms with van der Waals surface area (Å²) >= 11 is 0. The average molecular weight is 194 g/mol. The van der Waals surface area contributed by atoms with Gasteiger partial charge in [-0.3, -0.25) is 4.98 Å². The Kier molecular flexibility index (Phi) is 4.56. The van der Waals surface area contributed by atoms with Crippen molar-refractivity contribution in [2.45, 2.75) is 25.9 Å². The first-order chi connectivity index (χ1) is 6.74. The van der Waals surface area contributed by atoms with Crippen LogP contribution in [0.25, 0.3) is 0 Å². The van der Waals surface area contributed by atoms with Gasteiger partial charge in [0.2, 0.25) is 0 Å². The first-order valence-electron chi connectivity index (χ1n) is 4.90. The number of aromatic nitrogens is 1. The van der Waals surface area contributed by atoms with Crippen molar-refractivity contribution < 1.29 is 4.74 Å². The van der Waals surface area contributed by atoms with Gasteiger partial charge in [-0.25, -0.2) is 0 Å². The quantitative estimate of drug-likeness (QED) is 0.775. The molecule has 0 aliphatic heterocycles. The molecule has 0 spiro atoms. The molecule has 3 heteroatoms. The predicted molar refractivity (Wildman–Crippen MR) is 57.1 cm³/mol. The van der Waals surface area contributed by atoms with E-state index in [0.29, 0.717) is 6.04 Å². The summed E-state index contributed by atoms with van der Waals surface area (Å²) in [6.07, 6.45) is 1.81. The predicted octanol–water partition coefficient (Wildman–Crippen LogP) is 1.77. The lowest BCUT2D eigenvalue weighted by atomic mass is 10.2. The van der Waals surface area contributed by atoms with Crippen LogP contribution in [0.2, 0.25) is 0 Å². The van der Waals surface area contributed by atoms with E-state index in [1.54, 1.807) is 7.11 Å². The Bertz CT molecular complexity index is 251. The molecule has 0 bridgehead atoms. The number of hydrogen-bond acceptors (Lipinski definition) is 3. The van der Waals surface area contributed by atoms with E-state index in [4.69, 9.17) is 4.74 Å². The molecule has 0 aliphatic rings. The SMILES string of the molecule is COC[C@@H](C)N[C@H](C)c1ccccn1. The molecular weight excluding hydrogens is 176 g/mol. The van der Waals surface area contributed by atoms with Crippen molar-refractivity contribution in [1.82, 2.24) is 10.3 Å². The lowest BCUT2D eigenvalue weighted by Crippen LogP contribution is -2.32. The molecule has 0 saturated carbocycles. The van der Waals surface area contributed by atoms with Crippen molar-refractivity contribution >= 4 is 0 Å². The second kappa shape index (κ2) is 5.73. The summed E-state index contributed by atoms with van der Waals surface area (Å²) in [5, 5.41) is 3.41. The molecule has 0 unspecified atom stereocenters. The minimum absolute atomic E-state index is 0.265. The van der Waals surface area contributed by atoms with E-state index >= 15 is 0 Å². The van der Waals surface area contributed by atoms with Crippen LogP contribution >= 0.6 is 0 Å². The van der Waals surface area contributed by atoms with E-state index in [2.05, 4.69) is 24.1 Å². The van der Waals surface area contributed by atoms with E-state index in [1.165, 1.54) is 0 Å². The Labute approximate surface area is 85.5 Å². The first-order valence-corrected chi connectivity index (χ1v) is 4.90. The van der Waals surface area contributed by atoms with Crippen LogP contribution in [0.5, 0.6) is 0 Å². The summed E-state index contributed by atoms with van der Waals surface area (Å²) in [6, 6.07) is 6.56. The molecule has 1 aromatic heterocycles. The van der Waals surface area contributed by atoms with Gasteiger partial charge in [0.05, 0.1) is 12.3 Å². The zero-order valence-corrected chi connectivity index (χ0v) is 9.03. The number of nitrogens with zero attached hydrogens (tertiary/aromatic N) is 1. The summed E-state index contributed by atoms with van der Waals surface area (Å²) in [7, 11) is 1.71. The normalized spacial score (nSPS) is 15.1. The number of ether oxygens (including phenoxy) is 1. The topological polar surface area (TPSA) is 34.1 Å². The van der Waals surface area contributed by atoms with E-state index in [1.807, 2.05) is 24.4 Å². The summed E-state index contributed by atoms with van der Waals surface area (Å²) in [5.74, 6) is 0. The van der Waals surface area contributed by atoms with E-state index in [9.17, 15) is 0 Å². The fraction of sp³-hybridized carbons (Fsp3) is 0.545. The van der Waals surface area contributed by atoms with Crippen LogP contribution in [0, 0.1) is 0 Å². The summed E-state index contributed by atoms with van der Waals surface area (Å²) in [5.41, 5.74) is 1.07. The second-order valence-electron chi connectivity index (χ2n) is 3.50. The van der Waals surface area contributed by atoms with E-state index in [-0.39, 0.29) is 6.04 Å². The highest BCUT2D eigenvalue weighted by molar-refractivity contribution is 5.07. The molecule has 78 valence electrons. The highest BCUT2D eigenvalue weighted by atomic mass is 16.5. The highest BCUT2D eigenvalue weighted by Gasteiger charge is 2.09. The van der Waals surface area contributed by atoms with Crippen LogP contribution in [0.4, 0.5) is 0 Å². The largest absolute Gasteiger partial charge is 0.383 e. The lowest BCUT2D eigenvalue weighted by molar-refractivity contribution is 0.167. The molecule has 14 heavy (non-hydrogen) atoms. The van der Waals surface area contributed by atoms with E-state index in [0.717, 1.165) is 12.3 Å². The zero-order chi connectivity index (χ0) is 10.4. The van der Waals surface area contributed by atoms with Crippen LogP contribution in [-0.4, -0.2) is 24.7 Å². The maximum atomic E-state index is 5.06. The van der Waals surface area contributed by atoms with Crippen LogP contribution in [-0.2, 0) is 4.74 Å². The maximum absolute atomic E-state index is 5.06. The molecule has 0 saturated heterocycles. The minimum atomic E-state index is 0.265. The van der Waals surface area contributed by atoms with Crippen molar-refractivity contribution in [3.8, 4) is 0 Å². The molecule has 0 fully saturated rings. The monoisotopic (exact) mass is 194 g/mol. The fourth-order valence-corrected chi connectivity index (χ4v) is 1.44. The van der Waals surface area contributed by atoms with Gasteiger partial charge in [0.1, 0.15) is 0 Å². The number of nitrogens with one attached hydrogen (secondary N) is 1. The molecule has 1 aromatic rings. The van der Waals surface area contributed by atoms with Gasteiger partial charge >= 0.3 is 0 Å². The van der Waals surface area contributed by atoms with Gasteiger partial charge in [-0.15, -0.1) is 0 Å². The van der Waals surface area contributed by atoms with Gasteiger partial charge in [0.25, 0.3) is 0 Å². The summed E-state index contributed by atoms with van der Waals surface area (Å²) in [6.45, 7) is 4.93. The number of methoxy groups -OCH3 is 1. The smallest absolute Gasteiger partial charge is 0.0613 e. The second-order valence-corrected chi connectivity index (χ2v) is 3.50. The number of pyridine rings is 1. The molecule has 0 aromatic carbocycles. The molecule has 0 amide bonds. The highest BCUT2D eigenvalue weighted by Crippen LogP contribution is 2.08. The van der Waals surface area contributed by atoms with Gasteiger partial charge in [0, 0.05) is 25.4 Å². The molecule has 0 radical (unpaired) electrons. The van der Waals surface area contributed by atoms with Gasteiger partial charge < -0.3 is 10.1 Å². The number of hydrogen-bond donors (Lipinski definition) is 1. The van der Waals surface area contributed by atoms with Crippen LogP contribution in [0.15, 0.2) is 24.4 Å². The molecule has 1 N–H and O–H groups in total. The molecule has 2 atom stereocenters. The van der Waals surface area contributed by atoms with E-state index < -0.39 is 0 Å². The van der Waals surface area contributed by atoms with Crippen molar-refractivity contribution in [3.63, 3.8) is 0 Å². The molecular formula is C11H18N2O. The minimum Gasteiger partial charge on any atom is -0.383 e. The van der Waals surface area contributed by atoms with Crippen molar-refractivity contribution in [1.29, 1.82) is 0 Å². The molecule has 3 nitrogen and oxygen atoms in total. The number of rotatable bonds is 5. The Morgan fingerprint density at radius 1 is 1.43 bits per heavy atom. The first kappa shape index (κ1) is 11.1. The zero-order valence-electron chi connectivity index (χ0n) is 9.03. The Morgan fingerprint density at radius 2 is 2.21 bits per heavy atom. The third-order valence-electron chi connectivity index (χ3n) is 2.08. The fourth-order valence-electron chi connectivity index (χ4n) is 1.44. The van der Waals surface area contributed by atoms with Gasteiger partial charge in [-0.1, -0.05) is 6.07 Å². The van der Waals surface area contributed by atoms with Crippen LogP contribution in [0.3, 0.4) is 0 Å². The Balaban J connectivity index is 2.46.